The fourth-order valence-electron chi connectivity index (χ4n) is 2.44. The van der Waals surface area contributed by atoms with Gasteiger partial charge in [0.1, 0.15) is 0 Å². The summed E-state index contributed by atoms with van der Waals surface area (Å²) in [6.45, 7) is 2.27. The van der Waals surface area contributed by atoms with Crippen LogP contribution < -0.4 is 23.7 Å². The number of amides is 1. The van der Waals surface area contributed by atoms with Crippen molar-refractivity contribution in [1.29, 1.82) is 0 Å². The summed E-state index contributed by atoms with van der Waals surface area (Å²) in [6, 6.07) is 0. The Morgan fingerprint density at radius 3 is 1.77 bits per heavy atom. The molecule has 0 saturated heterocycles. The van der Waals surface area contributed by atoms with Crippen molar-refractivity contribution in [2.45, 2.75) is 96.8 Å². The van der Waals surface area contributed by atoms with Crippen LogP contribution in [0.4, 0.5) is 0 Å². The summed E-state index contributed by atoms with van der Waals surface area (Å²) >= 11 is 0. The van der Waals surface area contributed by atoms with Crippen molar-refractivity contribution < 1.29 is 23.0 Å². The lowest BCUT2D eigenvalue weighted by Gasteiger charge is -2.00. The van der Waals surface area contributed by atoms with Gasteiger partial charge in [-0.15, -0.1) is 0 Å². The third-order valence-corrected chi connectivity index (χ3v) is 3.86. The molecule has 0 aromatic heterocycles. The van der Waals surface area contributed by atoms with E-state index < -0.39 is 0 Å². The number of carbonyl (C=O) groups excluding carboxylic acids is 1. The maximum atomic E-state index is 11.0. The van der Waals surface area contributed by atoms with Gasteiger partial charge in [0.15, 0.2) is 0 Å². The zero-order valence-electron chi connectivity index (χ0n) is 14.5. The molecule has 0 aromatic rings. The highest BCUT2D eigenvalue weighted by Crippen LogP contribution is 2.09. The summed E-state index contributed by atoms with van der Waals surface area (Å²) in [7, 11) is 0. The summed E-state index contributed by atoms with van der Waals surface area (Å²) in [6.07, 6.45) is 22.1. The molecule has 0 aromatic carbocycles. The number of quaternary nitrogens is 1. The van der Waals surface area contributed by atoms with Crippen LogP contribution in [0.3, 0.4) is 0 Å². The number of unbranched alkanes of at least 4 members (excludes halogenated alkanes) is 11. The lowest BCUT2D eigenvalue weighted by Crippen LogP contribution is -3.00. The Hall–Kier alpha value is -0.540. The molecule has 0 aliphatic carbocycles. The molecule has 0 radical (unpaired) electrons. The van der Waals surface area contributed by atoms with E-state index in [-0.39, 0.29) is 18.3 Å². The summed E-state index contributed by atoms with van der Waals surface area (Å²) in [5, 5.41) is 0. The van der Waals surface area contributed by atoms with E-state index in [1.165, 1.54) is 70.6 Å². The first-order valence-electron chi connectivity index (χ1n) is 9.02. The first-order valence-corrected chi connectivity index (χ1v) is 9.02. The highest BCUT2D eigenvalue weighted by Gasteiger charge is 1.98. The molecule has 0 aliphatic rings. The molecule has 132 valence electrons. The monoisotopic (exact) mass is 332 g/mol. The van der Waals surface area contributed by atoms with E-state index in [2.05, 4.69) is 30.3 Å². The van der Waals surface area contributed by atoms with Crippen LogP contribution in [0, 0.1) is 0 Å². The van der Waals surface area contributed by atoms with Gasteiger partial charge >= 0.3 is 0 Å². The second-order valence-electron chi connectivity index (χ2n) is 5.93. The molecule has 22 heavy (non-hydrogen) atoms. The van der Waals surface area contributed by atoms with E-state index >= 15 is 0 Å². The molecule has 0 bridgehead atoms. The molecule has 1 amide bonds. The first-order chi connectivity index (χ1) is 10.3. The maximum absolute atomic E-state index is 11.0. The number of halogens is 1. The predicted molar refractivity (Wildman–Crippen MR) is 90.5 cm³/mol. The maximum Gasteiger partial charge on any atom is 0.264 e. The number of rotatable bonds is 15. The first kappa shape index (κ1) is 23.7. The minimum atomic E-state index is 0. The number of carbonyl (C=O) groups is 1. The highest BCUT2D eigenvalue weighted by molar-refractivity contribution is 5.74. The lowest BCUT2D eigenvalue weighted by molar-refractivity contribution is -0.427. The second-order valence-corrected chi connectivity index (χ2v) is 5.93. The molecule has 0 heterocycles. The topological polar surface area (TPSA) is 56.7 Å². The van der Waals surface area contributed by atoms with Gasteiger partial charge in [-0.3, -0.25) is 10.6 Å². The Bertz CT molecular complexity index is 257. The standard InChI is InChI=1S/C18H36N2O.ClH/c1-2-3-4-5-6-7-8-9-10-11-12-13-14-15-16-17-18(21)20-19;/h9-10H,2-8,11-17,19H2,1H3,(H,20,21);1H/b10-9-;. The van der Waals surface area contributed by atoms with Crippen molar-refractivity contribution in [1.82, 2.24) is 5.43 Å². The van der Waals surface area contributed by atoms with Gasteiger partial charge in [-0.2, -0.15) is 0 Å². The van der Waals surface area contributed by atoms with Crippen LogP contribution in [0.25, 0.3) is 0 Å². The van der Waals surface area contributed by atoms with Crippen LogP contribution in [0.2, 0.25) is 0 Å². The lowest BCUT2D eigenvalue weighted by atomic mass is 10.1. The van der Waals surface area contributed by atoms with Gasteiger partial charge in [0.2, 0.25) is 0 Å². The van der Waals surface area contributed by atoms with Crippen molar-refractivity contribution in [3.63, 3.8) is 0 Å². The molecule has 0 saturated carbocycles. The zero-order chi connectivity index (χ0) is 15.6. The van der Waals surface area contributed by atoms with Crippen molar-refractivity contribution >= 4 is 5.91 Å². The molecular weight excluding hydrogens is 296 g/mol. The Labute approximate surface area is 143 Å². The van der Waals surface area contributed by atoms with Crippen LogP contribution in [-0.2, 0) is 4.79 Å². The minimum Gasteiger partial charge on any atom is -1.00 e. The molecular formula is C18H37ClN2O. The summed E-state index contributed by atoms with van der Waals surface area (Å²) in [5.74, 6) is 3.43. The van der Waals surface area contributed by atoms with Crippen LogP contribution in [-0.4, -0.2) is 5.91 Å². The average molecular weight is 333 g/mol. The molecule has 0 rings (SSSR count). The molecule has 4 heteroatoms. The van der Waals surface area contributed by atoms with Gasteiger partial charge in [-0.25, -0.2) is 5.43 Å². The van der Waals surface area contributed by atoms with Gasteiger partial charge in [-0.05, 0) is 32.1 Å². The van der Waals surface area contributed by atoms with E-state index in [9.17, 15) is 4.79 Å². The predicted octanol–water partition coefficient (Wildman–Crippen LogP) is 1.30. The molecule has 4 N–H and O–H groups in total. The van der Waals surface area contributed by atoms with Crippen LogP contribution >= 0.6 is 0 Å². The normalized spacial score (nSPS) is 10.6. The van der Waals surface area contributed by atoms with Gasteiger partial charge in [0.05, 0.1) is 0 Å². The molecule has 3 nitrogen and oxygen atoms in total. The quantitative estimate of drug-likeness (QED) is 0.265. The van der Waals surface area contributed by atoms with Crippen molar-refractivity contribution in [3.8, 4) is 0 Å². The number of hydrogen-bond acceptors (Lipinski definition) is 1. The fourth-order valence-corrected chi connectivity index (χ4v) is 2.44. The largest absolute Gasteiger partial charge is 1.00 e. The van der Waals surface area contributed by atoms with E-state index in [4.69, 9.17) is 0 Å². The summed E-state index contributed by atoms with van der Waals surface area (Å²) in [5.41, 5.74) is 2.42. The van der Waals surface area contributed by atoms with Crippen LogP contribution in [0.1, 0.15) is 96.8 Å². The molecule has 0 unspecified atom stereocenters. The van der Waals surface area contributed by atoms with E-state index in [1.807, 2.05) is 0 Å². The Morgan fingerprint density at radius 2 is 1.27 bits per heavy atom. The summed E-state index contributed by atoms with van der Waals surface area (Å²) in [4.78, 5) is 11.0. The minimum absolute atomic E-state index is 0. The van der Waals surface area contributed by atoms with Crippen molar-refractivity contribution in [3.05, 3.63) is 12.2 Å². The molecule has 0 atom stereocenters. The van der Waals surface area contributed by atoms with E-state index in [0.717, 1.165) is 12.8 Å². The Kier molecular flexibility index (Phi) is 22.1. The number of allylic oxidation sites excluding steroid dienone is 2. The van der Waals surface area contributed by atoms with Crippen molar-refractivity contribution in [2.75, 3.05) is 0 Å². The average Bonchev–Trinajstić information content (AvgIpc) is 2.50. The summed E-state index contributed by atoms with van der Waals surface area (Å²) < 4.78 is 0. The number of nitrogens with one attached hydrogen (secondary N) is 1. The molecule has 0 aliphatic heterocycles. The van der Waals surface area contributed by atoms with E-state index in [0.29, 0.717) is 6.42 Å². The highest BCUT2D eigenvalue weighted by atomic mass is 35.5. The smallest absolute Gasteiger partial charge is 0.264 e. The fraction of sp³-hybridized carbons (Fsp3) is 0.833. The molecule has 0 fully saturated rings. The Morgan fingerprint density at radius 1 is 0.818 bits per heavy atom. The van der Waals surface area contributed by atoms with Gasteiger partial charge < -0.3 is 12.4 Å². The second kappa shape index (κ2) is 20.5. The van der Waals surface area contributed by atoms with Gasteiger partial charge in [0, 0.05) is 6.42 Å². The third kappa shape index (κ3) is 19.5. The zero-order valence-corrected chi connectivity index (χ0v) is 15.3. The van der Waals surface area contributed by atoms with Crippen LogP contribution in [0.15, 0.2) is 12.2 Å². The van der Waals surface area contributed by atoms with Crippen LogP contribution in [0.5, 0.6) is 0 Å². The Balaban J connectivity index is 0. The van der Waals surface area contributed by atoms with Crippen molar-refractivity contribution in [2.24, 2.45) is 0 Å². The number of hydrogen-bond donors (Lipinski definition) is 2. The third-order valence-electron chi connectivity index (χ3n) is 3.86. The van der Waals surface area contributed by atoms with E-state index in [1.54, 1.807) is 0 Å². The molecule has 0 spiro atoms. The van der Waals surface area contributed by atoms with Gasteiger partial charge in [-0.1, -0.05) is 70.4 Å². The SMILES string of the molecule is CCCCCCCC/C=C\CCCCCCCC(=O)N[NH3+].[Cl-]. The van der Waals surface area contributed by atoms with Gasteiger partial charge in [0.25, 0.3) is 5.91 Å².